The van der Waals surface area contributed by atoms with Gasteiger partial charge < -0.3 is 4.74 Å². The Morgan fingerprint density at radius 3 is 2.68 bits per heavy atom. The molecule has 0 atom stereocenters. The van der Waals surface area contributed by atoms with Crippen molar-refractivity contribution >= 4 is 17.3 Å². The van der Waals surface area contributed by atoms with Gasteiger partial charge in [0.25, 0.3) is 0 Å². The first kappa shape index (κ1) is 15.3. The van der Waals surface area contributed by atoms with Crippen molar-refractivity contribution in [1.29, 1.82) is 5.26 Å². The van der Waals surface area contributed by atoms with Gasteiger partial charge in [0.15, 0.2) is 5.75 Å². The molecule has 0 saturated heterocycles. The zero-order valence-corrected chi connectivity index (χ0v) is 12.2. The second-order valence-corrected chi connectivity index (χ2v) is 4.73. The van der Waals surface area contributed by atoms with Gasteiger partial charge >= 0.3 is 5.69 Å². The Kier molecular flexibility index (Phi) is 4.54. The van der Waals surface area contributed by atoms with Gasteiger partial charge in [0.1, 0.15) is 0 Å². The van der Waals surface area contributed by atoms with E-state index in [1.807, 2.05) is 31.2 Å². The van der Waals surface area contributed by atoms with Crippen LogP contribution < -0.4 is 4.74 Å². The molecule has 5 heteroatoms. The van der Waals surface area contributed by atoms with Crippen LogP contribution in [-0.2, 0) is 0 Å². The summed E-state index contributed by atoms with van der Waals surface area (Å²) in [6, 6.07) is 14.3. The summed E-state index contributed by atoms with van der Waals surface area (Å²) in [7, 11) is 1.38. The Morgan fingerprint density at radius 1 is 1.32 bits per heavy atom. The summed E-state index contributed by atoms with van der Waals surface area (Å²) < 4.78 is 4.97. The SMILES string of the molecule is COc1ccc(/C=C(\C#N)c2cccc(C)c2)cc1[N+](=O)[O-]. The van der Waals surface area contributed by atoms with Gasteiger partial charge in [0.05, 0.1) is 23.7 Å². The molecular weight excluding hydrogens is 280 g/mol. The molecule has 0 amide bonds. The van der Waals surface area contributed by atoms with E-state index >= 15 is 0 Å². The molecular formula is C17H14N2O3. The number of allylic oxidation sites excluding steroid dienone is 1. The second-order valence-electron chi connectivity index (χ2n) is 4.73. The lowest BCUT2D eigenvalue weighted by molar-refractivity contribution is -0.385. The van der Waals surface area contributed by atoms with Crippen LogP contribution in [0.3, 0.4) is 0 Å². The van der Waals surface area contributed by atoms with Crippen LogP contribution in [0.25, 0.3) is 11.6 Å². The average Bonchev–Trinajstić information content (AvgIpc) is 2.52. The normalized spacial score (nSPS) is 10.9. The van der Waals surface area contributed by atoms with Gasteiger partial charge in [-0.3, -0.25) is 10.1 Å². The van der Waals surface area contributed by atoms with E-state index < -0.39 is 4.92 Å². The maximum atomic E-state index is 11.0. The molecule has 0 aliphatic heterocycles. The number of nitriles is 1. The highest BCUT2D eigenvalue weighted by molar-refractivity contribution is 5.90. The fraction of sp³-hybridized carbons (Fsp3) is 0.118. The summed E-state index contributed by atoms with van der Waals surface area (Å²) in [5.41, 5.74) is 2.71. The molecule has 0 bridgehead atoms. The smallest absolute Gasteiger partial charge is 0.311 e. The van der Waals surface area contributed by atoms with E-state index in [1.54, 1.807) is 12.1 Å². The molecule has 0 spiro atoms. The summed E-state index contributed by atoms with van der Waals surface area (Å²) in [5, 5.41) is 20.4. The molecule has 0 aromatic heterocycles. The van der Waals surface area contributed by atoms with Crippen molar-refractivity contribution in [3.8, 4) is 11.8 Å². The van der Waals surface area contributed by atoms with E-state index in [9.17, 15) is 15.4 Å². The van der Waals surface area contributed by atoms with Crippen LogP contribution in [0.2, 0.25) is 0 Å². The van der Waals surface area contributed by atoms with Gasteiger partial charge in [0.2, 0.25) is 0 Å². The fourth-order valence-corrected chi connectivity index (χ4v) is 2.10. The van der Waals surface area contributed by atoms with Crippen LogP contribution in [-0.4, -0.2) is 12.0 Å². The van der Waals surface area contributed by atoms with Crippen molar-refractivity contribution in [2.45, 2.75) is 6.92 Å². The van der Waals surface area contributed by atoms with Crippen molar-refractivity contribution in [2.24, 2.45) is 0 Å². The predicted octanol–water partition coefficient (Wildman–Crippen LogP) is 3.98. The largest absolute Gasteiger partial charge is 0.490 e. The average molecular weight is 294 g/mol. The van der Waals surface area contributed by atoms with E-state index in [0.29, 0.717) is 11.1 Å². The van der Waals surface area contributed by atoms with Crippen LogP contribution in [0.15, 0.2) is 42.5 Å². The topological polar surface area (TPSA) is 76.2 Å². The van der Waals surface area contributed by atoms with Crippen LogP contribution >= 0.6 is 0 Å². The third kappa shape index (κ3) is 3.30. The molecule has 0 aliphatic rings. The standard InChI is InChI=1S/C17H14N2O3/c1-12-4-3-5-14(8-12)15(11-18)9-13-6-7-17(22-2)16(10-13)19(20)21/h3-10H,1-2H3/b15-9+. The number of rotatable bonds is 4. The minimum absolute atomic E-state index is 0.127. The van der Waals surface area contributed by atoms with Crippen LogP contribution in [0.4, 0.5) is 5.69 Å². The predicted molar refractivity (Wildman–Crippen MR) is 84.3 cm³/mol. The van der Waals surface area contributed by atoms with E-state index in [-0.39, 0.29) is 11.4 Å². The molecule has 5 nitrogen and oxygen atoms in total. The molecule has 0 unspecified atom stereocenters. The number of nitro benzene ring substituents is 1. The van der Waals surface area contributed by atoms with Crippen LogP contribution in [0.1, 0.15) is 16.7 Å². The van der Waals surface area contributed by atoms with Crippen molar-refractivity contribution in [3.05, 3.63) is 69.3 Å². The first-order chi connectivity index (χ1) is 10.5. The molecule has 0 N–H and O–H groups in total. The minimum Gasteiger partial charge on any atom is -0.490 e. The molecule has 0 aliphatic carbocycles. The number of benzene rings is 2. The van der Waals surface area contributed by atoms with Crippen LogP contribution in [0.5, 0.6) is 5.75 Å². The zero-order valence-electron chi connectivity index (χ0n) is 12.2. The molecule has 0 radical (unpaired) electrons. The summed E-state index contributed by atoms with van der Waals surface area (Å²) in [4.78, 5) is 10.5. The Balaban J connectivity index is 2.49. The number of nitro groups is 1. The van der Waals surface area contributed by atoms with Crippen molar-refractivity contribution in [3.63, 3.8) is 0 Å². The van der Waals surface area contributed by atoms with Gasteiger partial charge in [-0.2, -0.15) is 5.26 Å². The molecule has 2 rings (SSSR count). The Bertz CT molecular complexity index is 789. The van der Waals surface area contributed by atoms with E-state index in [2.05, 4.69) is 6.07 Å². The highest BCUT2D eigenvalue weighted by Gasteiger charge is 2.14. The van der Waals surface area contributed by atoms with Gasteiger partial charge in [-0.15, -0.1) is 0 Å². The van der Waals surface area contributed by atoms with E-state index in [0.717, 1.165) is 11.1 Å². The number of aryl methyl sites for hydroxylation is 1. The van der Waals surface area contributed by atoms with Gasteiger partial charge in [0, 0.05) is 6.07 Å². The molecule has 2 aromatic rings. The molecule has 2 aromatic carbocycles. The summed E-state index contributed by atoms with van der Waals surface area (Å²) in [6.45, 7) is 1.94. The monoisotopic (exact) mass is 294 g/mol. The lowest BCUT2D eigenvalue weighted by Crippen LogP contribution is -1.94. The minimum atomic E-state index is -0.505. The summed E-state index contributed by atoms with van der Waals surface area (Å²) in [6.07, 6.45) is 1.63. The van der Waals surface area contributed by atoms with Gasteiger partial charge in [-0.1, -0.05) is 35.9 Å². The lowest BCUT2D eigenvalue weighted by atomic mass is 10.0. The second kappa shape index (κ2) is 6.55. The molecule has 22 heavy (non-hydrogen) atoms. The van der Waals surface area contributed by atoms with Crippen LogP contribution in [0, 0.1) is 28.4 Å². The molecule has 110 valence electrons. The van der Waals surface area contributed by atoms with Crippen molar-refractivity contribution < 1.29 is 9.66 Å². The number of ether oxygens (including phenoxy) is 1. The first-order valence-electron chi connectivity index (χ1n) is 6.56. The lowest BCUT2D eigenvalue weighted by Gasteiger charge is -2.04. The summed E-state index contributed by atoms with van der Waals surface area (Å²) in [5.74, 6) is 0.191. The Labute approximate surface area is 128 Å². The van der Waals surface area contributed by atoms with Gasteiger partial charge in [-0.25, -0.2) is 0 Å². The highest BCUT2D eigenvalue weighted by Crippen LogP contribution is 2.29. The molecule has 0 heterocycles. The summed E-state index contributed by atoms with van der Waals surface area (Å²) >= 11 is 0. The number of methoxy groups -OCH3 is 1. The molecule has 0 saturated carbocycles. The quantitative estimate of drug-likeness (QED) is 0.370. The van der Waals surface area contributed by atoms with E-state index in [1.165, 1.54) is 19.2 Å². The third-order valence-corrected chi connectivity index (χ3v) is 3.16. The maximum absolute atomic E-state index is 11.0. The molecule has 0 fully saturated rings. The number of hydrogen-bond donors (Lipinski definition) is 0. The van der Waals surface area contributed by atoms with Crippen molar-refractivity contribution in [1.82, 2.24) is 0 Å². The number of hydrogen-bond acceptors (Lipinski definition) is 4. The fourth-order valence-electron chi connectivity index (χ4n) is 2.10. The zero-order chi connectivity index (χ0) is 16.1. The third-order valence-electron chi connectivity index (χ3n) is 3.16. The maximum Gasteiger partial charge on any atom is 0.311 e. The first-order valence-corrected chi connectivity index (χ1v) is 6.56. The highest BCUT2D eigenvalue weighted by atomic mass is 16.6. The van der Waals surface area contributed by atoms with E-state index in [4.69, 9.17) is 4.74 Å². The Hall–Kier alpha value is -3.13. The Morgan fingerprint density at radius 2 is 2.09 bits per heavy atom. The van der Waals surface area contributed by atoms with Crippen molar-refractivity contribution in [2.75, 3.05) is 7.11 Å². The number of nitrogens with zero attached hydrogens (tertiary/aromatic N) is 2. The van der Waals surface area contributed by atoms with Gasteiger partial charge in [-0.05, 0) is 30.2 Å².